The van der Waals surface area contributed by atoms with E-state index in [0.717, 1.165) is 31.4 Å². The molecule has 38 heavy (non-hydrogen) atoms. The predicted octanol–water partition coefficient (Wildman–Crippen LogP) is 5.86. The van der Waals surface area contributed by atoms with Crippen LogP contribution in [0.3, 0.4) is 0 Å². The molecule has 0 aliphatic carbocycles. The summed E-state index contributed by atoms with van der Waals surface area (Å²) in [5.41, 5.74) is 2.52. The fourth-order valence-corrected chi connectivity index (χ4v) is 5.76. The summed E-state index contributed by atoms with van der Waals surface area (Å²) < 4.78 is 31.4. The molecular weight excluding hydrogens is 486 g/mol. The Hall–Kier alpha value is -3.13. The number of likely N-dealkylation sites (tertiary alicyclic amines) is 1. The van der Waals surface area contributed by atoms with Gasteiger partial charge < -0.3 is 14.1 Å². The third-order valence-electron chi connectivity index (χ3n) is 7.82. The Bertz CT molecular complexity index is 1330. The minimum absolute atomic E-state index is 0.0713. The molecular formula is C30H38F2N4O2. The highest BCUT2D eigenvalue weighted by Crippen LogP contribution is 2.38. The number of rotatable bonds is 10. The van der Waals surface area contributed by atoms with Gasteiger partial charge in [0.05, 0.1) is 5.56 Å². The van der Waals surface area contributed by atoms with Crippen LogP contribution < -0.4 is 0 Å². The molecule has 0 unspecified atom stereocenters. The molecule has 1 aromatic carbocycles. The first-order chi connectivity index (χ1) is 18.1. The third kappa shape index (κ3) is 5.23. The summed E-state index contributed by atoms with van der Waals surface area (Å²) in [4.78, 5) is 32.7. The van der Waals surface area contributed by atoms with E-state index in [4.69, 9.17) is 0 Å². The Morgan fingerprint density at radius 3 is 2.47 bits per heavy atom. The Labute approximate surface area is 223 Å². The van der Waals surface area contributed by atoms with E-state index in [1.165, 1.54) is 12.1 Å². The molecule has 1 atom stereocenters. The molecule has 3 heterocycles. The summed E-state index contributed by atoms with van der Waals surface area (Å²) in [5, 5.41) is 0. The van der Waals surface area contributed by atoms with Crippen molar-refractivity contribution in [2.24, 2.45) is 5.92 Å². The van der Waals surface area contributed by atoms with Crippen LogP contribution in [0.1, 0.15) is 75.1 Å². The topological polar surface area (TPSA) is 57.9 Å². The van der Waals surface area contributed by atoms with E-state index in [1.807, 2.05) is 33.0 Å². The van der Waals surface area contributed by atoms with Crippen molar-refractivity contribution in [3.05, 3.63) is 59.2 Å². The van der Waals surface area contributed by atoms with Crippen LogP contribution in [0.4, 0.5) is 8.78 Å². The number of hydrogen-bond acceptors (Lipinski definition) is 4. The molecule has 204 valence electrons. The maximum Gasteiger partial charge on any atom is 0.254 e. The van der Waals surface area contributed by atoms with E-state index in [1.54, 1.807) is 22.3 Å². The second-order valence-corrected chi connectivity index (χ2v) is 10.9. The van der Waals surface area contributed by atoms with Crippen molar-refractivity contribution in [3.8, 4) is 11.1 Å². The van der Waals surface area contributed by atoms with Crippen LogP contribution in [-0.2, 0) is 4.79 Å². The monoisotopic (exact) mass is 524 g/mol. The predicted molar refractivity (Wildman–Crippen MR) is 145 cm³/mol. The average molecular weight is 525 g/mol. The van der Waals surface area contributed by atoms with Gasteiger partial charge in [0.2, 0.25) is 5.95 Å². The van der Waals surface area contributed by atoms with Gasteiger partial charge in [-0.05, 0) is 69.4 Å². The smallest absolute Gasteiger partial charge is 0.254 e. The average Bonchev–Trinajstić information content (AvgIpc) is 3.12. The Morgan fingerprint density at radius 1 is 1.16 bits per heavy atom. The molecule has 1 saturated heterocycles. The number of benzene rings is 1. The van der Waals surface area contributed by atoms with Crippen molar-refractivity contribution in [1.29, 1.82) is 0 Å². The van der Waals surface area contributed by atoms with Crippen molar-refractivity contribution >= 4 is 17.7 Å². The maximum atomic E-state index is 15.2. The van der Waals surface area contributed by atoms with E-state index >= 15 is 4.39 Å². The molecule has 1 fully saturated rings. The van der Waals surface area contributed by atoms with Crippen LogP contribution in [0.25, 0.3) is 16.6 Å². The van der Waals surface area contributed by atoms with E-state index in [0.29, 0.717) is 41.9 Å². The molecule has 0 bridgehead atoms. The zero-order valence-electron chi connectivity index (χ0n) is 23.2. The van der Waals surface area contributed by atoms with Gasteiger partial charge in [-0.25, -0.2) is 9.37 Å². The van der Waals surface area contributed by atoms with E-state index in [2.05, 4.69) is 23.7 Å². The number of pyridine rings is 1. The molecule has 0 spiro atoms. The quantitative estimate of drug-likeness (QED) is 0.312. The van der Waals surface area contributed by atoms with Gasteiger partial charge in [0, 0.05) is 55.8 Å². The molecule has 0 N–H and O–H groups in total. The fraction of sp³-hybridized carbons (Fsp3) is 0.500. The summed E-state index contributed by atoms with van der Waals surface area (Å²) >= 11 is 0. The number of nitrogens with zero attached hydrogens (tertiary/aromatic N) is 4. The van der Waals surface area contributed by atoms with Gasteiger partial charge in [0.1, 0.15) is 23.4 Å². The van der Waals surface area contributed by atoms with Gasteiger partial charge in [-0.15, -0.1) is 0 Å². The van der Waals surface area contributed by atoms with Gasteiger partial charge in [-0.3, -0.25) is 9.69 Å². The normalized spacial score (nSPS) is 15.3. The molecule has 6 nitrogen and oxygen atoms in total. The van der Waals surface area contributed by atoms with Crippen LogP contribution in [0, 0.1) is 24.6 Å². The van der Waals surface area contributed by atoms with Crippen molar-refractivity contribution in [3.63, 3.8) is 0 Å². The summed E-state index contributed by atoms with van der Waals surface area (Å²) in [5.74, 6) is -0.278. The zero-order valence-corrected chi connectivity index (χ0v) is 23.2. The molecule has 8 heteroatoms. The molecule has 4 rings (SSSR count). The molecule has 1 amide bonds. The van der Waals surface area contributed by atoms with Gasteiger partial charge in [0.25, 0.3) is 5.91 Å². The molecule has 0 radical (unpaired) electrons. The molecule has 0 saturated carbocycles. The van der Waals surface area contributed by atoms with Crippen LogP contribution in [0.2, 0.25) is 0 Å². The fourth-order valence-electron chi connectivity index (χ4n) is 5.76. The highest BCUT2D eigenvalue weighted by molar-refractivity contribution is 6.03. The second kappa shape index (κ2) is 11.3. The Balaban J connectivity index is 1.79. The summed E-state index contributed by atoms with van der Waals surface area (Å²) in [7, 11) is 0. The first kappa shape index (κ1) is 27.9. The summed E-state index contributed by atoms with van der Waals surface area (Å²) in [6, 6.07) is 6.32. The highest BCUT2D eigenvalue weighted by Gasteiger charge is 2.35. The molecule has 3 aromatic rings. The zero-order chi connectivity index (χ0) is 27.7. The Kier molecular flexibility index (Phi) is 8.31. The maximum absolute atomic E-state index is 15.2. The Morgan fingerprint density at radius 2 is 1.87 bits per heavy atom. The van der Waals surface area contributed by atoms with Crippen molar-refractivity contribution in [2.45, 2.75) is 72.4 Å². The lowest BCUT2D eigenvalue weighted by Gasteiger charge is -2.46. The van der Waals surface area contributed by atoms with Gasteiger partial charge in [-0.2, -0.15) is 4.39 Å². The van der Waals surface area contributed by atoms with Crippen LogP contribution in [0.15, 0.2) is 30.5 Å². The number of amides is 1. The number of carbonyl (C=O) groups excluding carboxylic acids is 2. The number of aryl methyl sites for hydroxylation is 1. The lowest BCUT2D eigenvalue weighted by atomic mass is 9.85. The third-order valence-corrected chi connectivity index (χ3v) is 7.82. The lowest BCUT2D eigenvalue weighted by molar-refractivity contribution is -0.108. The van der Waals surface area contributed by atoms with E-state index < -0.39 is 11.8 Å². The van der Waals surface area contributed by atoms with Gasteiger partial charge in [0.15, 0.2) is 0 Å². The van der Waals surface area contributed by atoms with Gasteiger partial charge in [-0.1, -0.05) is 19.9 Å². The molecule has 2 aromatic heterocycles. The van der Waals surface area contributed by atoms with Crippen molar-refractivity contribution < 1.29 is 18.4 Å². The van der Waals surface area contributed by atoms with Crippen LogP contribution >= 0.6 is 0 Å². The first-order valence-electron chi connectivity index (χ1n) is 13.5. The minimum Gasteiger partial charge on any atom is -0.336 e. The standard InChI is InChI=1S/C30H38F2N4O2/c1-7-35(19(4)5)30(38)26-14-23(31)10-11-24(26)25-13-21(17-36-20(6)33-29(32)28(25)36)22-15-34(16-22)27(18(2)3)9-8-12-37/h10-14,17-19,22,27H,7-9,15-16H2,1-6H3/t27-/m1/s1. The number of imidazole rings is 1. The second-order valence-electron chi connectivity index (χ2n) is 10.9. The molecule has 1 aliphatic heterocycles. The van der Waals surface area contributed by atoms with E-state index in [-0.39, 0.29) is 28.9 Å². The number of fused-ring (bicyclic) bond motifs is 1. The van der Waals surface area contributed by atoms with Crippen molar-refractivity contribution in [2.75, 3.05) is 19.6 Å². The number of aldehydes is 1. The number of halogens is 2. The number of carbonyl (C=O) groups is 2. The SMILES string of the molecule is CCN(C(=O)c1cc(F)ccc1-c1cc(C2CN([C@H](CCC=O)C(C)C)C2)cn2c(C)nc(F)c12)C(C)C. The van der Waals surface area contributed by atoms with E-state index in [9.17, 15) is 14.0 Å². The molecule has 1 aliphatic rings. The van der Waals surface area contributed by atoms with Gasteiger partial charge >= 0.3 is 0 Å². The number of aromatic nitrogens is 2. The minimum atomic E-state index is -0.619. The lowest BCUT2D eigenvalue weighted by Crippen LogP contribution is -2.52. The number of hydrogen-bond donors (Lipinski definition) is 0. The summed E-state index contributed by atoms with van der Waals surface area (Å²) in [6.07, 6.45) is 4.28. The largest absolute Gasteiger partial charge is 0.336 e. The summed E-state index contributed by atoms with van der Waals surface area (Å²) in [6.45, 7) is 14.0. The van der Waals surface area contributed by atoms with Crippen LogP contribution in [-0.4, -0.2) is 63.1 Å². The van der Waals surface area contributed by atoms with Crippen molar-refractivity contribution in [1.82, 2.24) is 19.2 Å². The van der Waals surface area contributed by atoms with Crippen LogP contribution in [0.5, 0.6) is 0 Å². The first-order valence-corrected chi connectivity index (χ1v) is 13.5. The highest BCUT2D eigenvalue weighted by atomic mass is 19.1.